The molecular weight excluding hydrogens is 546 g/mol. The van der Waals surface area contributed by atoms with E-state index in [1.807, 2.05) is 61.5 Å². The minimum Gasteiger partial charge on any atom is -0.438 e. The van der Waals surface area contributed by atoms with E-state index in [9.17, 15) is 9.59 Å². The zero-order chi connectivity index (χ0) is 30.2. The number of unbranched alkanes of at least 4 members (excludes halogenated alkanes) is 1. The molecule has 0 spiro atoms. The predicted octanol–water partition coefficient (Wildman–Crippen LogP) is 6.49. The van der Waals surface area contributed by atoms with Crippen LogP contribution in [0.25, 0.3) is 16.5 Å². The Bertz CT molecular complexity index is 1730. The number of ether oxygens (including phenoxy) is 2. The molecule has 43 heavy (non-hydrogen) atoms. The molecule has 0 unspecified atom stereocenters. The Morgan fingerprint density at radius 3 is 2.49 bits per heavy atom. The van der Waals surface area contributed by atoms with Crippen molar-refractivity contribution in [2.75, 3.05) is 29.7 Å². The van der Waals surface area contributed by atoms with Gasteiger partial charge in [-0.2, -0.15) is 10.1 Å². The van der Waals surface area contributed by atoms with Gasteiger partial charge >= 0.3 is 6.03 Å². The number of carbonyl (C=O) groups is 2. The number of anilines is 3. The number of hydrogen-bond donors (Lipinski definition) is 3. The van der Waals surface area contributed by atoms with E-state index in [1.165, 1.54) is 13.3 Å². The molecule has 0 radical (unpaired) electrons. The Hall–Kier alpha value is -5.29. The van der Waals surface area contributed by atoms with Crippen molar-refractivity contribution in [2.45, 2.75) is 33.1 Å². The van der Waals surface area contributed by atoms with E-state index in [1.54, 1.807) is 22.9 Å². The molecule has 2 heterocycles. The Kier molecular flexibility index (Phi) is 9.23. The predicted molar refractivity (Wildman–Crippen MR) is 166 cm³/mol. The van der Waals surface area contributed by atoms with Crippen molar-refractivity contribution in [3.8, 4) is 17.3 Å². The molecule has 0 aliphatic rings. The smallest absolute Gasteiger partial charge is 0.324 e. The summed E-state index contributed by atoms with van der Waals surface area (Å²) in [6, 6.07) is 22.2. The van der Waals surface area contributed by atoms with Crippen LogP contribution in [0.3, 0.4) is 0 Å². The third kappa shape index (κ3) is 7.32. The first-order valence-electron chi connectivity index (χ1n) is 14.0. The van der Waals surface area contributed by atoms with Crippen LogP contribution in [0.5, 0.6) is 11.6 Å². The van der Waals surface area contributed by atoms with Crippen LogP contribution in [0.4, 0.5) is 22.2 Å². The standard InChI is InChI=1S/C32H33N7O4/c1-4-5-8-22-19-28(39(38-22)23-13-11-21(2)12-14-23)35-32(41)34-26-15-16-27(25-10-7-6-9-24(25)26)43-30-17-18-33-31(37-30)36-29(40)20-42-3/h6-7,9-19H,4-5,8,20H2,1-3H3,(H2,34,35,41)(H,33,36,37,40). The highest BCUT2D eigenvalue weighted by Gasteiger charge is 2.15. The second-order valence-electron chi connectivity index (χ2n) is 9.91. The molecule has 3 N–H and O–H groups in total. The van der Waals surface area contributed by atoms with Crippen LogP contribution in [-0.4, -0.2) is 45.4 Å². The van der Waals surface area contributed by atoms with Gasteiger partial charge < -0.3 is 14.8 Å². The molecule has 11 nitrogen and oxygen atoms in total. The normalized spacial score (nSPS) is 10.9. The molecule has 0 saturated heterocycles. The van der Waals surface area contributed by atoms with Gasteiger partial charge in [0.2, 0.25) is 11.8 Å². The fraction of sp³-hybridized carbons (Fsp3) is 0.219. The molecule has 11 heteroatoms. The summed E-state index contributed by atoms with van der Waals surface area (Å²) in [5, 5.41) is 14.8. The summed E-state index contributed by atoms with van der Waals surface area (Å²) >= 11 is 0. The van der Waals surface area contributed by atoms with Gasteiger partial charge in [-0.15, -0.1) is 0 Å². The van der Waals surface area contributed by atoms with Gasteiger partial charge in [-0.1, -0.05) is 55.3 Å². The van der Waals surface area contributed by atoms with Crippen LogP contribution in [0.2, 0.25) is 0 Å². The molecule has 0 saturated carbocycles. The monoisotopic (exact) mass is 579 g/mol. The Morgan fingerprint density at radius 1 is 0.930 bits per heavy atom. The SMILES string of the molecule is CCCCc1cc(NC(=O)Nc2ccc(Oc3ccnc(NC(=O)COC)n3)c3ccccc23)n(-c2ccc(C)cc2)n1. The molecule has 0 atom stereocenters. The van der Waals surface area contributed by atoms with Crippen LogP contribution in [0.15, 0.2) is 79.0 Å². The zero-order valence-electron chi connectivity index (χ0n) is 24.3. The van der Waals surface area contributed by atoms with Crippen molar-refractivity contribution in [1.82, 2.24) is 19.7 Å². The number of nitrogens with zero attached hydrogens (tertiary/aromatic N) is 4. The van der Waals surface area contributed by atoms with Crippen LogP contribution in [0.1, 0.15) is 31.0 Å². The van der Waals surface area contributed by atoms with E-state index in [2.05, 4.69) is 32.8 Å². The lowest BCUT2D eigenvalue weighted by Gasteiger charge is -2.14. The van der Waals surface area contributed by atoms with Crippen molar-refractivity contribution in [3.63, 3.8) is 0 Å². The minimum absolute atomic E-state index is 0.0987. The second kappa shape index (κ2) is 13.6. The summed E-state index contributed by atoms with van der Waals surface area (Å²) in [5.74, 6) is 1.07. The highest BCUT2D eigenvalue weighted by Crippen LogP contribution is 2.34. The molecule has 2 aromatic heterocycles. The number of aryl methyl sites for hydroxylation is 2. The van der Waals surface area contributed by atoms with Crippen molar-refractivity contribution < 1.29 is 19.1 Å². The lowest BCUT2D eigenvalue weighted by molar-refractivity contribution is -0.119. The van der Waals surface area contributed by atoms with E-state index in [4.69, 9.17) is 14.6 Å². The number of nitrogens with one attached hydrogen (secondary N) is 3. The van der Waals surface area contributed by atoms with Crippen molar-refractivity contribution >= 4 is 40.2 Å². The van der Waals surface area contributed by atoms with Gasteiger partial charge in [0.25, 0.3) is 5.91 Å². The lowest BCUT2D eigenvalue weighted by Crippen LogP contribution is -2.21. The summed E-state index contributed by atoms with van der Waals surface area (Å²) in [7, 11) is 1.43. The van der Waals surface area contributed by atoms with Crippen LogP contribution >= 0.6 is 0 Å². The van der Waals surface area contributed by atoms with Gasteiger partial charge in [0.05, 0.1) is 17.1 Å². The third-order valence-corrected chi connectivity index (χ3v) is 6.57. The van der Waals surface area contributed by atoms with Gasteiger partial charge in [0.1, 0.15) is 18.2 Å². The molecule has 5 rings (SSSR count). The second-order valence-corrected chi connectivity index (χ2v) is 9.91. The molecule has 0 aliphatic carbocycles. The van der Waals surface area contributed by atoms with Gasteiger partial charge in [-0.05, 0) is 44.0 Å². The summed E-state index contributed by atoms with van der Waals surface area (Å²) in [6.45, 7) is 4.05. The fourth-order valence-corrected chi connectivity index (χ4v) is 4.49. The zero-order valence-corrected chi connectivity index (χ0v) is 24.3. The number of hydrogen-bond acceptors (Lipinski definition) is 7. The summed E-state index contributed by atoms with van der Waals surface area (Å²) in [5.41, 5.74) is 3.52. The molecule has 220 valence electrons. The number of fused-ring (bicyclic) bond motifs is 1. The molecule has 0 bridgehead atoms. The molecule has 5 aromatic rings. The molecule has 3 aromatic carbocycles. The number of carbonyl (C=O) groups excluding carboxylic acids is 2. The Labute approximate surface area is 249 Å². The van der Waals surface area contributed by atoms with Crippen LogP contribution < -0.4 is 20.7 Å². The highest BCUT2D eigenvalue weighted by atomic mass is 16.5. The average Bonchev–Trinajstić information content (AvgIpc) is 3.40. The van der Waals surface area contributed by atoms with Crippen molar-refractivity contribution in [2.24, 2.45) is 0 Å². The van der Waals surface area contributed by atoms with Crippen molar-refractivity contribution in [1.29, 1.82) is 0 Å². The average molecular weight is 580 g/mol. The molecule has 3 amide bonds. The van der Waals surface area contributed by atoms with E-state index in [-0.39, 0.29) is 24.3 Å². The van der Waals surface area contributed by atoms with E-state index < -0.39 is 6.03 Å². The number of benzene rings is 3. The maximum Gasteiger partial charge on any atom is 0.324 e. The number of rotatable bonds is 11. The summed E-state index contributed by atoms with van der Waals surface area (Å²) < 4.78 is 12.6. The Morgan fingerprint density at radius 2 is 1.72 bits per heavy atom. The van der Waals surface area contributed by atoms with Crippen molar-refractivity contribution in [3.05, 3.63) is 90.3 Å². The number of amides is 3. The first-order valence-corrected chi connectivity index (χ1v) is 14.0. The molecular formula is C32H33N7O4. The maximum absolute atomic E-state index is 13.3. The number of urea groups is 1. The minimum atomic E-state index is -0.402. The largest absolute Gasteiger partial charge is 0.438 e. The topological polar surface area (TPSA) is 132 Å². The first kappa shape index (κ1) is 29.2. The fourth-order valence-electron chi connectivity index (χ4n) is 4.49. The maximum atomic E-state index is 13.3. The van der Waals surface area contributed by atoms with Crippen LogP contribution in [-0.2, 0) is 16.0 Å². The lowest BCUT2D eigenvalue weighted by atomic mass is 10.1. The first-order chi connectivity index (χ1) is 20.9. The van der Waals surface area contributed by atoms with E-state index in [0.29, 0.717) is 17.3 Å². The summed E-state index contributed by atoms with van der Waals surface area (Å²) in [6.07, 6.45) is 4.37. The van der Waals surface area contributed by atoms with Gasteiger partial charge in [0, 0.05) is 36.2 Å². The summed E-state index contributed by atoms with van der Waals surface area (Å²) in [4.78, 5) is 33.4. The third-order valence-electron chi connectivity index (χ3n) is 6.57. The van der Waals surface area contributed by atoms with Gasteiger partial charge in [-0.25, -0.2) is 14.5 Å². The highest BCUT2D eigenvalue weighted by molar-refractivity contribution is 6.07. The molecule has 0 aliphatic heterocycles. The quantitative estimate of drug-likeness (QED) is 0.163. The number of aromatic nitrogens is 4. The Balaban J connectivity index is 1.36. The number of methoxy groups -OCH3 is 1. The van der Waals surface area contributed by atoms with Gasteiger partial charge in [0.15, 0.2) is 0 Å². The van der Waals surface area contributed by atoms with E-state index in [0.717, 1.165) is 47.0 Å². The van der Waals surface area contributed by atoms with E-state index >= 15 is 0 Å². The van der Waals surface area contributed by atoms with Gasteiger partial charge in [-0.3, -0.25) is 15.4 Å². The molecule has 0 fully saturated rings. The van der Waals surface area contributed by atoms with Crippen LogP contribution in [0, 0.1) is 6.92 Å².